The van der Waals surface area contributed by atoms with Crippen molar-refractivity contribution < 1.29 is 4.39 Å². The van der Waals surface area contributed by atoms with E-state index < -0.39 is 0 Å². The van der Waals surface area contributed by atoms with E-state index in [-0.39, 0.29) is 5.82 Å². The van der Waals surface area contributed by atoms with Crippen molar-refractivity contribution in [3.8, 4) is 0 Å². The fraction of sp³-hybridized carbons (Fsp3) is 0.636. The van der Waals surface area contributed by atoms with Crippen molar-refractivity contribution in [1.82, 2.24) is 9.97 Å². The highest BCUT2D eigenvalue weighted by atomic mass is 19.1. The molecule has 0 aliphatic carbocycles. The molecule has 0 saturated carbocycles. The number of nitrogens with two attached hydrogens (primary N) is 1. The van der Waals surface area contributed by atoms with Crippen molar-refractivity contribution in [3.05, 3.63) is 17.8 Å². The zero-order valence-corrected chi connectivity index (χ0v) is 9.91. The molecule has 1 aromatic heterocycles. The predicted molar refractivity (Wildman–Crippen MR) is 62.9 cm³/mol. The van der Waals surface area contributed by atoms with Gasteiger partial charge in [0.2, 0.25) is 0 Å². The number of rotatable bonds is 6. The van der Waals surface area contributed by atoms with Gasteiger partial charge in [0.05, 0.1) is 5.69 Å². The monoisotopic (exact) mass is 226 g/mol. The summed E-state index contributed by atoms with van der Waals surface area (Å²) in [5.41, 5.74) is 5.90. The van der Waals surface area contributed by atoms with Crippen molar-refractivity contribution in [1.29, 1.82) is 0 Å². The van der Waals surface area contributed by atoms with Gasteiger partial charge < -0.3 is 10.6 Å². The van der Waals surface area contributed by atoms with E-state index in [1.807, 2.05) is 4.90 Å². The molecular formula is C11H19FN4. The number of anilines is 1. The van der Waals surface area contributed by atoms with Gasteiger partial charge in [0, 0.05) is 19.6 Å². The molecule has 0 aromatic carbocycles. The SMILES string of the molecule is CCCCN(CCN)c1ncnc(C)c1F. The molecule has 5 heteroatoms. The maximum absolute atomic E-state index is 13.8. The lowest BCUT2D eigenvalue weighted by molar-refractivity contribution is 0.585. The summed E-state index contributed by atoms with van der Waals surface area (Å²) in [6, 6.07) is 0. The Kier molecular flexibility index (Phi) is 5.11. The summed E-state index contributed by atoms with van der Waals surface area (Å²) in [6.45, 7) is 5.63. The Morgan fingerprint density at radius 3 is 2.75 bits per heavy atom. The second-order valence-electron chi connectivity index (χ2n) is 3.73. The Morgan fingerprint density at radius 1 is 1.38 bits per heavy atom. The molecular weight excluding hydrogens is 207 g/mol. The molecule has 0 amide bonds. The van der Waals surface area contributed by atoms with Crippen LogP contribution < -0.4 is 10.6 Å². The molecule has 0 atom stereocenters. The van der Waals surface area contributed by atoms with Gasteiger partial charge in [0.15, 0.2) is 11.6 Å². The van der Waals surface area contributed by atoms with E-state index in [1.54, 1.807) is 6.92 Å². The van der Waals surface area contributed by atoms with Crippen LogP contribution in [0.2, 0.25) is 0 Å². The van der Waals surface area contributed by atoms with Crippen molar-refractivity contribution >= 4 is 5.82 Å². The maximum atomic E-state index is 13.8. The molecule has 0 radical (unpaired) electrons. The van der Waals surface area contributed by atoms with Gasteiger partial charge in [-0.2, -0.15) is 0 Å². The van der Waals surface area contributed by atoms with Gasteiger partial charge in [-0.1, -0.05) is 13.3 Å². The van der Waals surface area contributed by atoms with Crippen molar-refractivity contribution in [3.63, 3.8) is 0 Å². The molecule has 0 aliphatic rings. The molecule has 1 heterocycles. The van der Waals surface area contributed by atoms with Crippen LogP contribution in [0.3, 0.4) is 0 Å². The minimum absolute atomic E-state index is 0.341. The zero-order valence-electron chi connectivity index (χ0n) is 9.91. The van der Waals surface area contributed by atoms with Crippen molar-refractivity contribution in [2.75, 3.05) is 24.5 Å². The minimum Gasteiger partial charge on any atom is -0.353 e. The summed E-state index contributed by atoms with van der Waals surface area (Å²) in [5.74, 6) is 0.0263. The number of hydrogen-bond acceptors (Lipinski definition) is 4. The topological polar surface area (TPSA) is 55.0 Å². The van der Waals surface area contributed by atoms with Crippen LogP contribution in [-0.4, -0.2) is 29.6 Å². The van der Waals surface area contributed by atoms with Gasteiger partial charge in [-0.15, -0.1) is 0 Å². The van der Waals surface area contributed by atoms with E-state index in [4.69, 9.17) is 5.73 Å². The lowest BCUT2D eigenvalue weighted by atomic mass is 10.3. The standard InChI is InChI=1S/C11H19FN4/c1-3-4-6-16(7-5-13)11-10(12)9(2)14-8-15-11/h8H,3-7,13H2,1-2H3. The average Bonchev–Trinajstić information content (AvgIpc) is 2.28. The number of halogens is 1. The van der Waals surface area contributed by atoms with Crippen LogP contribution in [0.4, 0.5) is 10.2 Å². The number of hydrogen-bond donors (Lipinski definition) is 1. The highest BCUT2D eigenvalue weighted by Crippen LogP contribution is 2.17. The Balaban J connectivity index is 2.86. The van der Waals surface area contributed by atoms with Crippen molar-refractivity contribution in [2.45, 2.75) is 26.7 Å². The first-order valence-corrected chi connectivity index (χ1v) is 5.62. The van der Waals surface area contributed by atoms with E-state index >= 15 is 0 Å². The van der Waals surface area contributed by atoms with E-state index in [9.17, 15) is 4.39 Å². The third kappa shape index (κ3) is 3.13. The largest absolute Gasteiger partial charge is 0.353 e. The summed E-state index contributed by atoms with van der Waals surface area (Å²) >= 11 is 0. The van der Waals surface area contributed by atoms with E-state index in [1.165, 1.54) is 6.33 Å². The third-order valence-corrected chi connectivity index (χ3v) is 2.43. The van der Waals surface area contributed by atoms with Gasteiger partial charge >= 0.3 is 0 Å². The molecule has 0 spiro atoms. The summed E-state index contributed by atoms with van der Waals surface area (Å²) < 4.78 is 13.8. The molecule has 0 fully saturated rings. The first kappa shape index (κ1) is 12.8. The molecule has 0 unspecified atom stereocenters. The molecule has 0 aliphatic heterocycles. The fourth-order valence-corrected chi connectivity index (χ4v) is 1.49. The highest BCUT2D eigenvalue weighted by Gasteiger charge is 2.14. The Labute approximate surface area is 95.7 Å². The Hall–Kier alpha value is -1.23. The van der Waals surface area contributed by atoms with Crippen LogP contribution in [0.1, 0.15) is 25.5 Å². The number of aryl methyl sites for hydroxylation is 1. The van der Waals surface area contributed by atoms with Crippen LogP contribution in [-0.2, 0) is 0 Å². The van der Waals surface area contributed by atoms with E-state index in [0.717, 1.165) is 19.4 Å². The molecule has 0 bridgehead atoms. The molecule has 0 saturated heterocycles. The summed E-state index contributed by atoms with van der Waals surface area (Å²) in [7, 11) is 0. The predicted octanol–water partition coefficient (Wildman–Crippen LogP) is 1.49. The third-order valence-electron chi connectivity index (χ3n) is 2.43. The molecule has 1 rings (SSSR count). The molecule has 16 heavy (non-hydrogen) atoms. The fourth-order valence-electron chi connectivity index (χ4n) is 1.49. The maximum Gasteiger partial charge on any atom is 0.186 e. The normalized spacial score (nSPS) is 10.5. The highest BCUT2D eigenvalue weighted by molar-refractivity contribution is 5.40. The number of unbranched alkanes of at least 4 members (excludes halogenated alkanes) is 1. The molecule has 4 nitrogen and oxygen atoms in total. The van der Waals surface area contributed by atoms with Crippen LogP contribution in [0.15, 0.2) is 6.33 Å². The smallest absolute Gasteiger partial charge is 0.186 e. The van der Waals surface area contributed by atoms with Crippen LogP contribution in [0.5, 0.6) is 0 Å². The van der Waals surface area contributed by atoms with Gasteiger partial charge in [-0.05, 0) is 13.3 Å². The second kappa shape index (κ2) is 6.37. The molecule has 1 aromatic rings. The zero-order chi connectivity index (χ0) is 12.0. The van der Waals surface area contributed by atoms with Crippen LogP contribution in [0.25, 0.3) is 0 Å². The summed E-state index contributed by atoms with van der Waals surface area (Å²) in [5, 5.41) is 0. The van der Waals surface area contributed by atoms with Gasteiger partial charge in [-0.25, -0.2) is 14.4 Å². The van der Waals surface area contributed by atoms with E-state index in [2.05, 4.69) is 16.9 Å². The van der Waals surface area contributed by atoms with Crippen molar-refractivity contribution in [2.24, 2.45) is 5.73 Å². The number of nitrogens with zero attached hydrogens (tertiary/aromatic N) is 3. The molecule has 90 valence electrons. The van der Waals surface area contributed by atoms with E-state index in [0.29, 0.717) is 24.6 Å². The minimum atomic E-state index is -0.341. The summed E-state index contributed by atoms with van der Waals surface area (Å²) in [4.78, 5) is 9.70. The van der Waals surface area contributed by atoms with Crippen LogP contribution >= 0.6 is 0 Å². The van der Waals surface area contributed by atoms with Gasteiger partial charge in [-0.3, -0.25) is 0 Å². The first-order chi connectivity index (χ1) is 7.70. The summed E-state index contributed by atoms with van der Waals surface area (Å²) in [6.07, 6.45) is 3.46. The van der Waals surface area contributed by atoms with Gasteiger partial charge in [0.1, 0.15) is 6.33 Å². The first-order valence-electron chi connectivity index (χ1n) is 5.62. The Morgan fingerprint density at radius 2 is 2.12 bits per heavy atom. The second-order valence-corrected chi connectivity index (χ2v) is 3.73. The lowest BCUT2D eigenvalue weighted by Gasteiger charge is -2.23. The van der Waals surface area contributed by atoms with Gasteiger partial charge in [0.25, 0.3) is 0 Å². The van der Waals surface area contributed by atoms with Crippen LogP contribution in [0, 0.1) is 12.7 Å². The number of aromatic nitrogens is 2. The quantitative estimate of drug-likeness (QED) is 0.798. The average molecular weight is 226 g/mol. The lowest BCUT2D eigenvalue weighted by Crippen LogP contribution is -2.32. The Bertz CT molecular complexity index is 330. The molecule has 2 N–H and O–H groups in total.